The topological polar surface area (TPSA) is 130 Å². The van der Waals surface area contributed by atoms with E-state index in [1.54, 1.807) is 43.3 Å². The predicted octanol–water partition coefficient (Wildman–Crippen LogP) is 4.52. The minimum atomic E-state index is -3.46. The molecule has 0 fully saturated rings. The molecule has 0 aromatic heterocycles. The first kappa shape index (κ1) is 29.2. The van der Waals surface area contributed by atoms with Gasteiger partial charge in [-0.3, -0.25) is 9.59 Å². The van der Waals surface area contributed by atoms with E-state index in [9.17, 15) is 28.2 Å². The number of anilines is 1. The zero-order valence-corrected chi connectivity index (χ0v) is 22.6. The van der Waals surface area contributed by atoms with Gasteiger partial charge in [0.15, 0.2) is 22.2 Å². The number of ether oxygens (including phenoxy) is 1. The second kappa shape index (κ2) is 12.9. The molecule has 2 unspecified atom stereocenters. The molecule has 0 saturated heterocycles. The SMILES string of the molecule is CC(=O)C(O)C(C)c1ccc(OCC(=O)Nc2cc(CCCS(=O)(=O)c3ccc(Cl)cc3)ccc2O)cc1. The number of benzene rings is 3. The molecule has 38 heavy (non-hydrogen) atoms. The predicted molar refractivity (Wildman–Crippen MR) is 146 cm³/mol. The van der Waals surface area contributed by atoms with Crippen molar-refractivity contribution in [2.75, 3.05) is 17.7 Å². The summed E-state index contributed by atoms with van der Waals surface area (Å²) in [6.45, 7) is 2.76. The van der Waals surface area contributed by atoms with Crippen molar-refractivity contribution < 1.29 is 33.0 Å². The van der Waals surface area contributed by atoms with Crippen molar-refractivity contribution in [3.05, 3.63) is 82.9 Å². The molecule has 0 radical (unpaired) electrons. The van der Waals surface area contributed by atoms with Gasteiger partial charge in [-0.1, -0.05) is 36.7 Å². The van der Waals surface area contributed by atoms with Gasteiger partial charge < -0.3 is 20.3 Å². The number of carbonyl (C=O) groups is 2. The first-order chi connectivity index (χ1) is 18.0. The third-order valence-corrected chi connectivity index (χ3v) is 8.12. The van der Waals surface area contributed by atoms with Crippen LogP contribution in [0.5, 0.6) is 11.5 Å². The molecule has 0 aliphatic carbocycles. The van der Waals surface area contributed by atoms with E-state index in [1.807, 2.05) is 0 Å². The number of aryl methyl sites for hydroxylation is 1. The Kier molecular flexibility index (Phi) is 9.90. The molecule has 3 aromatic rings. The van der Waals surface area contributed by atoms with Gasteiger partial charge in [0.05, 0.1) is 16.3 Å². The summed E-state index contributed by atoms with van der Waals surface area (Å²) in [5.74, 6) is -0.947. The Morgan fingerprint density at radius 1 is 1.03 bits per heavy atom. The summed E-state index contributed by atoms with van der Waals surface area (Å²) in [5, 5.41) is 23.1. The van der Waals surface area contributed by atoms with Crippen LogP contribution in [0.15, 0.2) is 71.6 Å². The Labute approximate surface area is 227 Å². The number of phenolic OH excluding ortho intramolecular Hbond substituents is 1. The molecule has 1 amide bonds. The van der Waals surface area contributed by atoms with E-state index >= 15 is 0 Å². The molecular formula is C28H30ClNO7S. The highest BCUT2D eigenvalue weighted by Gasteiger charge is 2.20. The summed E-state index contributed by atoms with van der Waals surface area (Å²) in [4.78, 5) is 24.0. The number of aliphatic hydroxyl groups is 1. The first-order valence-electron chi connectivity index (χ1n) is 12.0. The molecule has 0 heterocycles. The van der Waals surface area contributed by atoms with E-state index in [0.717, 1.165) is 11.1 Å². The number of amides is 1. The molecule has 0 bridgehead atoms. The van der Waals surface area contributed by atoms with Crippen LogP contribution in [0, 0.1) is 0 Å². The normalized spacial score (nSPS) is 12.9. The molecule has 3 aromatic carbocycles. The van der Waals surface area contributed by atoms with E-state index in [1.165, 1.54) is 37.3 Å². The van der Waals surface area contributed by atoms with Crippen LogP contribution in [0.25, 0.3) is 0 Å². The maximum atomic E-state index is 12.5. The highest BCUT2D eigenvalue weighted by Crippen LogP contribution is 2.26. The lowest BCUT2D eigenvalue weighted by Crippen LogP contribution is -2.23. The van der Waals surface area contributed by atoms with Gasteiger partial charge in [0.2, 0.25) is 0 Å². The van der Waals surface area contributed by atoms with Crippen molar-refractivity contribution in [1.29, 1.82) is 0 Å². The van der Waals surface area contributed by atoms with Crippen LogP contribution in [0.4, 0.5) is 5.69 Å². The highest BCUT2D eigenvalue weighted by molar-refractivity contribution is 7.91. The number of Topliss-reactive ketones (excluding diaryl/α,β-unsaturated/α-hetero) is 1. The Morgan fingerprint density at radius 2 is 1.68 bits per heavy atom. The maximum Gasteiger partial charge on any atom is 0.262 e. The van der Waals surface area contributed by atoms with Crippen LogP contribution in [0.3, 0.4) is 0 Å². The van der Waals surface area contributed by atoms with Crippen LogP contribution in [-0.4, -0.2) is 48.8 Å². The third-order valence-electron chi connectivity index (χ3n) is 6.05. The summed E-state index contributed by atoms with van der Waals surface area (Å²) in [7, 11) is -3.46. The van der Waals surface area contributed by atoms with Crippen LogP contribution < -0.4 is 10.1 Å². The van der Waals surface area contributed by atoms with Crippen LogP contribution in [0.2, 0.25) is 5.02 Å². The highest BCUT2D eigenvalue weighted by atomic mass is 35.5. The van der Waals surface area contributed by atoms with Crippen LogP contribution in [0.1, 0.15) is 37.3 Å². The van der Waals surface area contributed by atoms with E-state index in [2.05, 4.69) is 5.32 Å². The minimum absolute atomic E-state index is 0.0592. The zero-order chi connectivity index (χ0) is 27.9. The second-order valence-electron chi connectivity index (χ2n) is 8.98. The zero-order valence-electron chi connectivity index (χ0n) is 21.1. The fourth-order valence-corrected chi connectivity index (χ4v) is 5.24. The lowest BCUT2D eigenvalue weighted by atomic mass is 9.93. The fraction of sp³-hybridized carbons (Fsp3) is 0.286. The lowest BCUT2D eigenvalue weighted by molar-refractivity contribution is -0.125. The number of aliphatic hydroxyl groups excluding tert-OH is 1. The molecule has 202 valence electrons. The van der Waals surface area contributed by atoms with Gasteiger partial charge >= 0.3 is 0 Å². The van der Waals surface area contributed by atoms with E-state index in [-0.39, 0.29) is 40.4 Å². The molecule has 0 aliphatic rings. The van der Waals surface area contributed by atoms with Gasteiger partial charge in [0.25, 0.3) is 5.91 Å². The number of sulfone groups is 1. The molecule has 0 aliphatic heterocycles. The summed E-state index contributed by atoms with van der Waals surface area (Å²) < 4.78 is 30.5. The molecule has 3 rings (SSSR count). The quantitative estimate of drug-likeness (QED) is 0.278. The largest absolute Gasteiger partial charge is 0.506 e. The van der Waals surface area contributed by atoms with Crippen molar-refractivity contribution >= 4 is 38.8 Å². The first-order valence-corrected chi connectivity index (χ1v) is 14.0. The van der Waals surface area contributed by atoms with Gasteiger partial charge in [0.1, 0.15) is 17.6 Å². The van der Waals surface area contributed by atoms with E-state index in [4.69, 9.17) is 16.3 Å². The van der Waals surface area contributed by atoms with Gasteiger partial charge in [-0.2, -0.15) is 0 Å². The Hall–Kier alpha value is -3.40. The Bertz CT molecular complexity index is 1370. The number of aromatic hydroxyl groups is 1. The van der Waals surface area contributed by atoms with Gasteiger partial charge in [-0.25, -0.2) is 8.42 Å². The number of ketones is 1. The van der Waals surface area contributed by atoms with Crippen molar-refractivity contribution in [3.63, 3.8) is 0 Å². The summed E-state index contributed by atoms with van der Waals surface area (Å²) in [5.41, 5.74) is 1.70. The average Bonchev–Trinajstić information content (AvgIpc) is 2.89. The molecule has 2 atom stereocenters. The number of halogens is 1. The average molecular weight is 560 g/mol. The number of carbonyl (C=O) groups excluding carboxylic acids is 2. The summed E-state index contributed by atoms with van der Waals surface area (Å²) >= 11 is 5.82. The number of nitrogens with one attached hydrogen (secondary N) is 1. The van der Waals surface area contributed by atoms with Gasteiger partial charge in [-0.05, 0) is 79.4 Å². The van der Waals surface area contributed by atoms with Crippen molar-refractivity contribution in [2.45, 2.75) is 43.6 Å². The number of hydrogen-bond acceptors (Lipinski definition) is 7. The van der Waals surface area contributed by atoms with E-state index < -0.39 is 21.8 Å². The van der Waals surface area contributed by atoms with Crippen molar-refractivity contribution in [2.24, 2.45) is 0 Å². The van der Waals surface area contributed by atoms with Crippen molar-refractivity contribution in [1.82, 2.24) is 0 Å². The minimum Gasteiger partial charge on any atom is -0.506 e. The second-order valence-corrected chi connectivity index (χ2v) is 11.5. The standard InChI is InChI=1S/C28H30ClNO7S/c1-18(28(34)19(2)31)21-6-10-23(11-7-21)37-17-27(33)30-25-16-20(5-14-26(25)32)4-3-15-38(35,36)24-12-8-22(29)9-13-24/h5-14,16,18,28,32,34H,3-4,15,17H2,1-2H3,(H,30,33). The number of rotatable bonds is 12. The number of hydrogen-bond donors (Lipinski definition) is 3. The lowest BCUT2D eigenvalue weighted by Gasteiger charge is -2.17. The third kappa shape index (κ3) is 8.05. The van der Waals surface area contributed by atoms with Gasteiger partial charge in [-0.15, -0.1) is 0 Å². The van der Waals surface area contributed by atoms with E-state index in [0.29, 0.717) is 23.6 Å². The monoisotopic (exact) mass is 559 g/mol. The van der Waals surface area contributed by atoms with Gasteiger partial charge in [0, 0.05) is 10.9 Å². The van der Waals surface area contributed by atoms with Crippen LogP contribution >= 0.6 is 11.6 Å². The summed E-state index contributed by atoms with van der Waals surface area (Å²) in [6, 6.07) is 17.4. The molecule has 3 N–H and O–H groups in total. The Morgan fingerprint density at radius 3 is 2.32 bits per heavy atom. The Balaban J connectivity index is 1.52. The molecule has 10 heteroatoms. The molecule has 0 saturated carbocycles. The van der Waals surface area contributed by atoms with Crippen molar-refractivity contribution in [3.8, 4) is 11.5 Å². The summed E-state index contributed by atoms with van der Waals surface area (Å²) in [6.07, 6.45) is -0.316. The molecular weight excluding hydrogens is 530 g/mol. The van der Waals surface area contributed by atoms with Crippen LogP contribution in [-0.2, 0) is 25.8 Å². The molecule has 0 spiro atoms. The maximum absolute atomic E-state index is 12.5. The fourth-order valence-electron chi connectivity index (χ4n) is 3.80. The smallest absolute Gasteiger partial charge is 0.262 e. The molecule has 8 nitrogen and oxygen atoms in total. The number of phenols is 1.